The van der Waals surface area contributed by atoms with Gasteiger partial charge in [0, 0.05) is 18.9 Å². The quantitative estimate of drug-likeness (QED) is 0.679. The lowest BCUT2D eigenvalue weighted by atomic mass is 10.1. The van der Waals surface area contributed by atoms with Gasteiger partial charge in [0.05, 0.1) is 12.2 Å². The Morgan fingerprint density at radius 2 is 1.95 bits per heavy atom. The van der Waals surface area contributed by atoms with Crippen LogP contribution in [-0.4, -0.2) is 35.4 Å². The molecule has 0 amide bonds. The fourth-order valence-corrected chi connectivity index (χ4v) is 1.96. The van der Waals surface area contributed by atoms with E-state index in [1.807, 2.05) is 0 Å². The molecule has 0 fully saturated rings. The molecule has 1 aliphatic rings. The predicted octanol–water partition coefficient (Wildman–Crippen LogP) is 1.73. The molecule has 0 spiro atoms. The molecule has 5 nitrogen and oxygen atoms in total. The Balaban J connectivity index is 2.61. The highest BCUT2D eigenvalue weighted by atomic mass is 16.5. The third kappa shape index (κ3) is 6.96. The van der Waals surface area contributed by atoms with E-state index in [0.717, 1.165) is 0 Å². The second-order valence-electron chi connectivity index (χ2n) is 4.97. The van der Waals surface area contributed by atoms with Crippen molar-refractivity contribution < 1.29 is 24.2 Å². The highest BCUT2D eigenvalue weighted by Gasteiger charge is 2.15. The topological polar surface area (TPSA) is 72.8 Å². The molecule has 19 heavy (non-hydrogen) atoms. The van der Waals surface area contributed by atoms with Crippen LogP contribution >= 0.6 is 0 Å². The van der Waals surface area contributed by atoms with Crippen LogP contribution < -0.4 is 0 Å². The van der Waals surface area contributed by atoms with Gasteiger partial charge in [-0.2, -0.15) is 0 Å². The van der Waals surface area contributed by atoms with Crippen LogP contribution in [0.3, 0.4) is 0 Å². The van der Waals surface area contributed by atoms with E-state index in [1.165, 1.54) is 6.08 Å². The zero-order valence-corrected chi connectivity index (χ0v) is 11.5. The van der Waals surface area contributed by atoms with Crippen LogP contribution in [0.25, 0.3) is 0 Å². The van der Waals surface area contributed by atoms with Gasteiger partial charge in [-0.25, -0.2) is 4.79 Å². The zero-order valence-electron chi connectivity index (χ0n) is 11.5. The van der Waals surface area contributed by atoms with Crippen molar-refractivity contribution in [2.75, 3.05) is 0 Å². The van der Waals surface area contributed by atoms with Crippen LogP contribution in [0.1, 0.15) is 46.0 Å². The fraction of sp³-hybridized carbons (Fsp3) is 0.714. The zero-order chi connectivity index (χ0) is 14.3. The number of carbonyl (C=O) groups is 2. The number of esters is 2. The molecule has 0 unspecified atom stereocenters. The van der Waals surface area contributed by atoms with Crippen LogP contribution in [0.4, 0.5) is 0 Å². The average molecular weight is 270 g/mol. The Kier molecular flexibility index (Phi) is 6.56. The minimum absolute atomic E-state index is 0.227. The van der Waals surface area contributed by atoms with Gasteiger partial charge in [0.1, 0.15) is 6.10 Å². The summed E-state index contributed by atoms with van der Waals surface area (Å²) >= 11 is 0. The van der Waals surface area contributed by atoms with Crippen LogP contribution in [0.5, 0.6) is 0 Å². The summed E-state index contributed by atoms with van der Waals surface area (Å²) in [6.45, 7) is 3.55. The first-order valence-corrected chi connectivity index (χ1v) is 6.72. The maximum Gasteiger partial charge on any atom is 0.330 e. The van der Waals surface area contributed by atoms with E-state index in [-0.39, 0.29) is 18.2 Å². The first-order chi connectivity index (χ1) is 8.97. The number of rotatable bonds is 0. The summed E-state index contributed by atoms with van der Waals surface area (Å²) in [7, 11) is 0. The molecule has 0 bridgehead atoms. The monoisotopic (exact) mass is 270 g/mol. The minimum Gasteiger partial charge on any atom is -0.463 e. The van der Waals surface area contributed by atoms with E-state index in [9.17, 15) is 14.7 Å². The molecule has 0 aromatic rings. The van der Waals surface area contributed by atoms with E-state index >= 15 is 0 Å². The third-order valence-electron chi connectivity index (χ3n) is 2.91. The number of hydrogen-bond donors (Lipinski definition) is 1. The Morgan fingerprint density at radius 1 is 1.21 bits per heavy atom. The van der Waals surface area contributed by atoms with Crippen molar-refractivity contribution in [1.82, 2.24) is 0 Å². The molecule has 1 aliphatic heterocycles. The molecule has 3 atom stereocenters. The smallest absolute Gasteiger partial charge is 0.330 e. The number of ether oxygens (including phenoxy) is 2. The van der Waals surface area contributed by atoms with Crippen molar-refractivity contribution in [3.8, 4) is 0 Å². The van der Waals surface area contributed by atoms with Gasteiger partial charge >= 0.3 is 11.9 Å². The van der Waals surface area contributed by atoms with Gasteiger partial charge in [0.25, 0.3) is 0 Å². The summed E-state index contributed by atoms with van der Waals surface area (Å²) < 4.78 is 10.3. The SMILES string of the molecule is C[C@@H]1CCCC(=O)O[C@H](C)C[C@@H](O)C/C=C/C(=O)O1. The Morgan fingerprint density at radius 3 is 2.68 bits per heavy atom. The molecule has 0 aromatic carbocycles. The van der Waals surface area contributed by atoms with Crippen LogP contribution in [0, 0.1) is 0 Å². The van der Waals surface area contributed by atoms with E-state index < -0.39 is 12.1 Å². The molecule has 0 aromatic heterocycles. The summed E-state index contributed by atoms with van der Waals surface area (Å²) in [5.41, 5.74) is 0. The molecule has 0 radical (unpaired) electrons. The molecule has 0 aliphatic carbocycles. The molecular formula is C14H22O5. The van der Waals surface area contributed by atoms with Gasteiger partial charge in [-0.15, -0.1) is 0 Å². The highest BCUT2D eigenvalue weighted by Crippen LogP contribution is 2.11. The molecule has 108 valence electrons. The first kappa shape index (κ1) is 15.7. The van der Waals surface area contributed by atoms with Crippen LogP contribution in [0.15, 0.2) is 12.2 Å². The number of aliphatic hydroxyl groups excluding tert-OH is 1. The maximum absolute atomic E-state index is 11.5. The van der Waals surface area contributed by atoms with Gasteiger partial charge in [0.2, 0.25) is 0 Å². The van der Waals surface area contributed by atoms with Gasteiger partial charge < -0.3 is 14.6 Å². The van der Waals surface area contributed by atoms with Crippen LogP contribution in [0.2, 0.25) is 0 Å². The van der Waals surface area contributed by atoms with Crippen LogP contribution in [-0.2, 0) is 19.1 Å². The molecule has 1 N–H and O–H groups in total. The largest absolute Gasteiger partial charge is 0.463 e. The number of hydrogen-bond acceptors (Lipinski definition) is 5. The summed E-state index contributed by atoms with van der Waals surface area (Å²) in [4.78, 5) is 22.9. The Labute approximate surface area is 113 Å². The van der Waals surface area contributed by atoms with Crippen molar-refractivity contribution >= 4 is 11.9 Å². The van der Waals surface area contributed by atoms with E-state index in [2.05, 4.69) is 0 Å². The standard InChI is InChI=1S/C14H22O5/c1-10-5-3-7-14(17)19-11(2)9-12(15)6-4-8-13(16)18-10/h4,8,10-12,15H,3,5-7,9H2,1-2H3/b8-4+/t10-,11-,12+/m1/s1. The summed E-state index contributed by atoms with van der Waals surface area (Å²) in [5.74, 6) is -0.682. The average Bonchev–Trinajstić information content (AvgIpc) is 2.26. The molecule has 0 saturated carbocycles. The molecule has 1 rings (SSSR count). The molecule has 0 saturated heterocycles. The lowest BCUT2D eigenvalue weighted by molar-refractivity contribution is -0.149. The Hall–Kier alpha value is -1.36. The first-order valence-electron chi connectivity index (χ1n) is 6.72. The Bertz CT molecular complexity index is 337. The predicted molar refractivity (Wildman–Crippen MR) is 69.3 cm³/mol. The number of cyclic esters (lactones) is 2. The minimum atomic E-state index is -0.632. The molecule has 1 heterocycles. The van der Waals surface area contributed by atoms with Crippen molar-refractivity contribution in [2.45, 2.75) is 64.3 Å². The maximum atomic E-state index is 11.5. The lowest BCUT2D eigenvalue weighted by Crippen LogP contribution is -2.22. The van der Waals surface area contributed by atoms with Gasteiger partial charge in [0.15, 0.2) is 0 Å². The van der Waals surface area contributed by atoms with Crippen molar-refractivity contribution in [2.24, 2.45) is 0 Å². The third-order valence-corrected chi connectivity index (χ3v) is 2.91. The summed E-state index contributed by atoms with van der Waals surface area (Å²) in [6, 6.07) is 0. The van der Waals surface area contributed by atoms with Crippen molar-refractivity contribution in [3.63, 3.8) is 0 Å². The van der Waals surface area contributed by atoms with Crippen molar-refractivity contribution in [1.29, 1.82) is 0 Å². The van der Waals surface area contributed by atoms with Gasteiger partial charge in [-0.05, 0) is 33.1 Å². The fourth-order valence-electron chi connectivity index (χ4n) is 1.96. The van der Waals surface area contributed by atoms with Gasteiger partial charge in [-0.3, -0.25) is 4.79 Å². The molecule has 5 heteroatoms. The van der Waals surface area contributed by atoms with E-state index in [0.29, 0.717) is 32.1 Å². The van der Waals surface area contributed by atoms with Gasteiger partial charge in [-0.1, -0.05) is 6.08 Å². The normalized spacial score (nSPS) is 32.9. The van der Waals surface area contributed by atoms with E-state index in [1.54, 1.807) is 19.9 Å². The van der Waals surface area contributed by atoms with E-state index in [4.69, 9.17) is 9.47 Å². The lowest BCUT2D eigenvalue weighted by Gasteiger charge is -2.17. The number of carbonyl (C=O) groups excluding carboxylic acids is 2. The van der Waals surface area contributed by atoms with Crippen molar-refractivity contribution in [3.05, 3.63) is 12.2 Å². The number of aliphatic hydroxyl groups is 1. The second-order valence-corrected chi connectivity index (χ2v) is 4.97. The second kappa shape index (κ2) is 7.94. The highest BCUT2D eigenvalue weighted by molar-refractivity contribution is 5.82. The molecular weight excluding hydrogens is 248 g/mol. The summed E-state index contributed by atoms with van der Waals surface area (Å²) in [5, 5.41) is 9.72. The summed E-state index contributed by atoms with van der Waals surface area (Å²) in [6.07, 6.45) is 4.00.